The van der Waals surface area contributed by atoms with Gasteiger partial charge in [0, 0.05) is 68.8 Å². The first-order chi connectivity index (χ1) is 14.7. The monoisotopic (exact) mass is 423 g/mol. The molecule has 2 aromatic carbocycles. The smallest absolute Gasteiger partial charge is 0.317 e. The van der Waals surface area contributed by atoms with Crippen molar-refractivity contribution in [2.75, 3.05) is 32.7 Å². The van der Waals surface area contributed by atoms with Crippen LogP contribution in [-0.4, -0.2) is 58.1 Å². The Labute approximate surface area is 182 Å². The van der Waals surface area contributed by atoms with E-state index < -0.39 is 0 Å². The molecule has 3 aromatic rings. The standard InChI is InChI=1S/C23H26ClN5O/c24-21-8-6-19(7-9-21)18-26-23(30)29-16-13-27(14-17-29)12-15-28-11-10-25-22(28)20-4-2-1-3-5-20/h1-11H,12-18H2,(H,26,30). The number of piperazine rings is 1. The lowest BCUT2D eigenvalue weighted by atomic mass is 10.2. The van der Waals surface area contributed by atoms with Gasteiger partial charge in [0.15, 0.2) is 0 Å². The minimum Gasteiger partial charge on any atom is -0.334 e. The minimum atomic E-state index is -0.00873. The molecule has 1 saturated heterocycles. The number of carbonyl (C=O) groups excluding carboxylic acids is 1. The van der Waals surface area contributed by atoms with Gasteiger partial charge in [0.25, 0.3) is 0 Å². The molecule has 1 aliphatic rings. The first-order valence-electron chi connectivity index (χ1n) is 10.3. The fourth-order valence-corrected chi connectivity index (χ4v) is 3.78. The Bertz CT molecular complexity index is 949. The molecule has 1 fully saturated rings. The average molecular weight is 424 g/mol. The molecule has 0 unspecified atom stereocenters. The maximum Gasteiger partial charge on any atom is 0.317 e. The van der Waals surface area contributed by atoms with Crippen LogP contribution in [0.2, 0.25) is 5.02 Å². The summed E-state index contributed by atoms with van der Waals surface area (Å²) in [4.78, 5) is 21.2. The summed E-state index contributed by atoms with van der Waals surface area (Å²) in [5.41, 5.74) is 2.17. The van der Waals surface area contributed by atoms with Gasteiger partial charge in [-0.3, -0.25) is 4.90 Å². The Morgan fingerprint density at radius 3 is 2.43 bits per heavy atom. The van der Waals surface area contributed by atoms with Gasteiger partial charge < -0.3 is 14.8 Å². The third-order valence-corrected chi connectivity index (χ3v) is 5.67. The van der Waals surface area contributed by atoms with Gasteiger partial charge in [-0.15, -0.1) is 0 Å². The third-order valence-electron chi connectivity index (χ3n) is 5.42. The molecule has 7 heteroatoms. The van der Waals surface area contributed by atoms with Gasteiger partial charge in [0.1, 0.15) is 5.82 Å². The number of amides is 2. The van der Waals surface area contributed by atoms with Crippen molar-refractivity contribution in [3.05, 3.63) is 77.6 Å². The largest absolute Gasteiger partial charge is 0.334 e. The summed E-state index contributed by atoms with van der Waals surface area (Å²) in [5, 5.41) is 3.70. The maximum atomic E-state index is 12.4. The van der Waals surface area contributed by atoms with Crippen LogP contribution in [0.3, 0.4) is 0 Å². The molecule has 0 radical (unpaired) electrons. The van der Waals surface area contributed by atoms with E-state index >= 15 is 0 Å². The van der Waals surface area contributed by atoms with Crippen molar-refractivity contribution in [3.8, 4) is 11.4 Å². The molecule has 1 N–H and O–H groups in total. The molecule has 30 heavy (non-hydrogen) atoms. The van der Waals surface area contributed by atoms with Crippen molar-refractivity contribution < 1.29 is 4.79 Å². The van der Waals surface area contributed by atoms with E-state index in [0.717, 1.165) is 56.2 Å². The summed E-state index contributed by atoms with van der Waals surface area (Å²) in [5.74, 6) is 0.996. The molecule has 0 aliphatic carbocycles. The minimum absolute atomic E-state index is 0.00873. The van der Waals surface area contributed by atoms with Crippen molar-refractivity contribution in [1.29, 1.82) is 0 Å². The van der Waals surface area contributed by atoms with Crippen LogP contribution >= 0.6 is 11.6 Å². The number of halogens is 1. The lowest BCUT2D eigenvalue weighted by molar-refractivity contribution is 0.136. The number of rotatable bonds is 6. The SMILES string of the molecule is O=C(NCc1ccc(Cl)cc1)N1CCN(CCn2ccnc2-c2ccccc2)CC1. The van der Waals surface area contributed by atoms with Crippen molar-refractivity contribution in [2.24, 2.45) is 0 Å². The van der Waals surface area contributed by atoms with Gasteiger partial charge in [-0.2, -0.15) is 0 Å². The lowest BCUT2D eigenvalue weighted by Crippen LogP contribution is -2.52. The van der Waals surface area contributed by atoms with Crippen molar-refractivity contribution in [1.82, 2.24) is 24.7 Å². The van der Waals surface area contributed by atoms with E-state index in [-0.39, 0.29) is 6.03 Å². The highest BCUT2D eigenvalue weighted by atomic mass is 35.5. The summed E-state index contributed by atoms with van der Waals surface area (Å²) in [7, 11) is 0. The molecule has 6 nitrogen and oxygen atoms in total. The topological polar surface area (TPSA) is 53.4 Å². The normalized spacial score (nSPS) is 14.6. The fraction of sp³-hybridized carbons (Fsp3) is 0.304. The Hall–Kier alpha value is -2.83. The molecule has 156 valence electrons. The summed E-state index contributed by atoms with van der Waals surface area (Å²) in [6.07, 6.45) is 3.88. The molecule has 2 heterocycles. The highest BCUT2D eigenvalue weighted by Crippen LogP contribution is 2.17. The molecule has 1 aromatic heterocycles. The Morgan fingerprint density at radius 1 is 0.967 bits per heavy atom. The highest BCUT2D eigenvalue weighted by Gasteiger charge is 2.21. The first kappa shape index (κ1) is 20.4. The molecular formula is C23H26ClN5O. The molecule has 0 saturated carbocycles. The van der Waals surface area contributed by atoms with E-state index in [1.54, 1.807) is 0 Å². The van der Waals surface area contributed by atoms with Gasteiger partial charge in [0.05, 0.1) is 0 Å². The molecular weight excluding hydrogens is 398 g/mol. The zero-order valence-electron chi connectivity index (χ0n) is 16.9. The van der Waals surface area contributed by atoms with Crippen LogP contribution in [0.25, 0.3) is 11.4 Å². The summed E-state index contributed by atoms with van der Waals surface area (Å²) < 4.78 is 2.19. The number of imidazole rings is 1. The van der Waals surface area contributed by atoms with Crippen LogP contribution in [0.1, 0.15) is 5.56 Å². The maximum absolute atomic E-state index is 12.4. The van der Waals surface area contributed by atoms with Crippen LogP contribution in [-0.2, 0) is 13.1 Å². The average Bonchev–Trinajstić information content (AvgIpc) is 3.27. The third kappa shape index (κ3) is 5.20. The quantitative estimate of drug-likeness (QED) is 0.657. The lowest BCUT2D eigenvalue weighted by Gasteiger charge is -2.34. The number of benzene rings is 2. The summed E-state index contributed by atoms with van der Waals surface area (Å²) >= 11 is 5.90. The van der Waals surface area contributed by atoms with Gasteiger partial charge in [-0.25, -0.2) is 9.78 Å². The number of hydrogen-bond donors (Lipinski definition) is 1. The number of hydrogen-bond acceptors (Lipinski definition) is 3. The van der Waals surface area contributed by atoms with Crippen LogP contribution in [0.15, 0.2) is 67.0 Å². The van der Waals surface area contributed by atoms with Crippen LogP contribution in [0.5, 0.6) is 0 Å². The summed E-state index contributed by atoms with van der Waals surface area (Å²) in [6, 6.07) is 17.8. The molecule has 0 spiro atoms. The van der Waals surface area contributed by atoms with Crippen molar-refractivity contribution in [3.63, 3.8) is 0 Å². The van der Waals surface area contributed by atoms with Gasteiger partial charge in [-0.05, 0) is 17.7 Å². The van der Waals surface area contributed by atoms with Gasteiger partial charge in [0.2, 0.25) is 0 Å². The van der Waals surface area contributed by atoms with Crippen LogP contribution in [0.4, 0.5) is 4.79 Å². The molecule has 1 aliphatic heterocycles. The van der Waals surface area contributed by atoms with E-state index in [2.05, 4.69) is 31.9 Å². The number of carbonyl (C=O) groups is 1. The van der Waals surface area contributed by atoms with E-state index in [0.29, 0.717) is 11.6 Å². The van der Waals surface area contributed by atoms with Crippen molar-refractivity contribution in [2.45, 2.75) is 13.1 Å². The van der Waals surface area contributed by atoms with Crippen molar-refractivity contribution >= 4 is 17.6 Å². The van der Waals surface area contributed by atoms with E-state index in [9.17, 15) is 4.79 Å². The zero-order valence-corrected chi connectivity index (χ0v) is 17.6. The van der Waals surface area contributed by atoms with Gasteiger partial charge in [-0.1, -0.05) is 54.1 Å². The second kappa shape index (κ2) is 9.78. The fourth-order valence-electron chi connectivity index (χ4n) is 3.65. The Kier molecular flexibility index (Phi) is 6.67. The number of aromatic nitrogens is 2. The predicted molar refractivity (Wildman–Crippen MR) is 119 cm³/mol. The Balaban J connectivity index is 1.22. The predicted octanol–water partition coefficient (Wildman–Crippen LogP) is 3.73. The second-order valence-corrected chi connectivity index (χ2v) is 7.86. The zero-order chi connectivity index (χ0) is 20.8. The van der Waals surface area contributed by atoms with E-state index in [1.165, 1.54) is 0 Å². The molecule has 2 amide bonds. The molecule has 0 atom stereocenters. The molecule has 0 bridgehead atoms. The van der Waals surface area contributed by atoms with E-state index in [1.807, 2.05) is 59.8 Å². The molecule has 4 rings (SSSR count). The summed E-state index contributed by atoms with van der Waals surface area (Å²) in [6.45, 7) is 5.57. The first-order valence-corrected chi connectivity index (χ1v) is 10.6. The van der Waals surface area contributed by atoms with Crippen LogP contribution < -0.4 is 5.32 Å². The highest BCUT2D eigenvalue weighted by molar-refractivity contribution is 6.30. The Morgan fingerprint density at radius 2 is 1.70 bits per heavy atom. The second-order valence-electron chi connectivity index (χ2n) is 7.42. The van der Waals surface area contributed by atoms with E-state index in [4.69, 9.17) is 11.6 Å². The number of urea groups is 1. The number of nitrogens with zero attached hydrogens (tertiary/aromatic N) is 4. The number of nitrogens with one attached hydrogen (secondary N) is 1. The van der Waals surface area contributed by atoms with Gasteiger partial charge >= 0.3 is 6.03 Å². The van der Waals surface area contributed by atoms with Crippen LogP contribution in [0, 0.1) is 0 Å².